The minimum atomic E-state index is -0.131. The molecule has 5 nitrogen and oxygen atoms in total. The van der Waals surface area contributed by atoms with Crippen molar-refractivity contribution >= 4 is 22.6 Å². The molecule has 0 spiro atoms. The van der Waals surface area contributed by atoms with Crippen molar-refractivity contribution in [2.75, 3.05) is 11.9 Å². The third-order valence-electron chi connectivity index (χ3n) is 4.44. The van der Waals surface area contributed by atoms with E-state index in [1.807, 2.05) is 18.2 Å². The summed E-state index contributed by atoms with van der Waals surface area (Å²) in [6.07, 6.45) is 3.70. The molecule has 0 saturated carbocycles. The first kappa shape index (κ1) is 18.0. The Balaban J connectivity index is 1.84. The van der Waals surface area contributed by atoms with E-state index >= 15 is 0 Å². The molecule has 1 aromatic carbocycles. The number of carbonyl (C=O) groups is 1. The monoisotopic (exact) mass is 348 g/mol. The number of rotatable bonds is 6. The normalized spacial score (nSPS) is 12.1. The largest absolute Gasteiger partial charge is 0.330 e. The molecule has 1 unspecified atom stereocenters. The lowest BCUT2D eigenvalue weighted by atomic mass is 10.0. The average molecular weight is 348 g/mol. The third-order valence-corrected chi connectivity index (χ3v) is 4.44. The van der Waals surface area contributed by atoms with E-state index in [-0.39, 0.29) is 5.91 Å². The molecule has 2 aromatic heterocycles. The van der Waals surface area contributed by atoms with E-state index in [1.54, 1.807) is 6.20 Å². The molecule has 3 rings (SSSR count). The SMILES string of the molecule is CC(=O)Nc1cc(-c2ccc3nc(CCC(C)CN)ccc3c2)ccn1. The zero-order valence-corrected chi connectivity index (χ0v) is 15.2. The highest BCUT2D eigenvalue weighted by molar-refractivity contribution is 5.89. The summed E-state index contributed by atoms with van der Waals surface area (Å²) in [4.78, 5) is 20.1. The number of pyridine rings is 2. The number of nitrogens with one attached hydrogen (secondary N) is 1. The minimum Gasteiger partial charge on any atom is -0.330 e. The van der Waals surface area contributed by atoms with Gasteiger partial charge >= 0.3 is 0 Å². The van der Waals surface area contributed by atoms with Crippen molar-refractivity contribution in [3.05, 3.63) is 54.4 Å². The Kier molecular flexibility index (Phi) is 5.58. The summed E-state index contributed by atoms with van der Waals surface area (Å²) < 4.78 is 0. The number of nitrogens with zero attached hydrogens (tertiary/aromatic N) is 2. The summed E-state index contributed by atoms with van der Waals surface area (Å²) in [5, 5.41) is 3.81. The maximum atomic E-state index is 11.2. The summed E-state index contributed by atoms with van der Waals surface area (Å²) in [7, 11) is 0. The van der Waals surface area contributed by atoms with Crippen LogP contribution in [0.3, 0.4) is 0 Å². The van der Waals surface area contributed by atoms with Crippen molar-refractivity contribution in [1.29, 1.82) is 0 Å². The van der Waals surface area contributed by atoms with Crippen molar-refractivity contribution in [3.63, 3.8) is 0 Å². The number of carbonyl (C=O) groups excluding carboxylic acids is 1. The Hall–Kier alpha value is -2.79. The van der Waals surface area contributed by atoms with Crippen LogP contribution in [0.4, 0.5) is 5.82 Å². The van der Waals surface area contributed by atoms with Gasteiger partial charge in [-0.1, -0.05) is 19.1 Å². The maximum absolute atomic E-state index is 11.2. The molecule has 2 heterocycles. The van der Waals surface area contributed by atoms with E-state index in [2.05, 4.69) is 41.5 Å². The number of hydrogen-bond donors (Lipinski definition) is 2. The number of aromatic nitrogens is 2. The van der Waals surface area contributed by atoms with Gasteiger partial charge in [0.1, 0.15) is 5.82 Å². The van der Waals surface area contributed by atoms with E-state index < -0.39 is 0 Å². The summed E-state index contributed by atoms with van der Waals surface area (Å²) in [6, 6.07) is 14.2. The number of amides is 1. The molecule has 0 bridgehead atoms. The molecule has 26 heavy (non-hydrogen) atoms. The van der Waals surface area contributed by atoms with Crippen molar-refractivity contribution in [2.45, 2.75) is 26.7 Å². The standard InChI is InChI=1S/C21H24N4O/c1-14(13-22)3-6-19-7-4-18-11-16(5-8-20(18)25-19)17-9-10-23-21(12-17)24-15(2)26/h4-5,7-12,14H,3,6,13,22H2,1-2H3,(H,23,24,26). The van der Waals surface area contributed by atoms with Gasteiger partial charge in [0.15, 0.2) is 0 Å². The number of anilines is 1. The summed E-state index contributed by atoms with van der Waals surface area (Å²) in [5.74, 6) is 0.936. The zero-order chi connectivity index (χ0) is 18.5. The van der Waals surface area contributed by atoms with Crippen LogP contribution in [-0.2, 0) is 11.2 Å². The van der Waals surface area contributed by atoms with Crippen LogP contribution < -0.4 is 11.1 Å². The molecule has 0 aliphatic carbocycles. The van der Waals surface area contributed by atoms with Crippen LogP contribution in [0, 0.1) is 5.92 Å². The Morgan fingerprint density at radius 2 is 1.96 bits per heavy atom. The Morgan fingerprint density at radius 1 is 1.15 bits per heavy atom. The molecule has 0 saturated heterocycles. The van der Waals surface area contributed by atoms with E-state index in [0.29, 0.717) is 18.3 Å². The van der Waals surface area contributed by atoms with Gasteiger partial charge in [-0.2, -0.15) is 0 Å². The van der Waals surface area contributed by atoms with Crippen LogP contribution in [-0.4, -0.2) is 22.4 Å². The maximum Gasteiger partial charge on any atom is 0.222 e. The van der Waals surface area contributed by atoms with Crippen molar-refractivity contribution in [3.8, 4) is 11.1 Å². The van der Waals surface area contributed by atoms with E-state index in [1.165, 1.54) is 6.92 Å². The predicted molar refractivity (Wildman–Crippen MR) is 106 cm³/mol. The molecule has 0 radical (unpaired) electrons. The van der Waals surface area contributed by atoms with Gasteiger partial charge in [-0.3, -0.25) is 9.78 Å². The van der Waals surface area contributed by atoms with Crippen molar-refractivity contribution in [1.82, 2.24) is 9.97 Å². The number of aryl methyl sites for hydroxylation is 1. The molecule has 1 atom stereocenters. The Labute approximate surface area is 153 Å². The highest BCUT2D eigenvalue weighted by atomic mass is 16.1. The second-order valence-corrected chi connectivity index (χ2v) is 6.70. The van der Waals surface area contributed by atoms with E-state index in [4.69, 9.17) is 10.7 Å². The van der Waals surface area contributed by atoms with Crippen molar-refractivity contribution < 1.29 is 4.79 Å². The van der Waals surface area contributed by atoms with Crippen LogP contribution >= 0.6 is 0 Å². The lowest BCUT2D eigenvalue weighted by molar-refractivity contribution is -0.114. The van der Waals surface area contributed by atoms with Gasteiger partial charge in [-0.05, 0) is 66.8 Å². The first-order chi connectivity index (χ1) is 12.5. The van der Waals surface area contributed by atoms with Gasteiger partial charge < -0.3 is 11.1 Å². The summed E-state index contributed by atoms with van der Waals surface area (Å²) in [6.45, 7) is 4.35. The van der Waals surface area contributed by atoms with E-state index in [0.717, 1.165) is 40.6 Å². The minimum absolute atomic E-state index is 0.131. The molecular formula is C21H24N4O. The molecule has 1 amide bonds. The van der Waals surface area contributed by atoms with Gasteiger partial charge in [0.05, 0.1) is 5.52 Å². The number of benzene rings is 1. The molecule has 134 valence electrons. The first-order valence-corrected chi connectivity index (χ1v) is 8.89. The van der Waals surface area contributed by atoms with Crippen LogP contribution in [0.25, 0.3) is 22.0 Å². The fourth-order valence-electron chi connectivity index (χ4n) is 2.86. The zero-order valence-electron chi connectivity index (χ0n) is 15.2. The van der Waals surface area contributed by atoms with Crippen LogP contribution in [0.15, 0.2) is 48.7 Å². The summed E-state index contributed by atoms with van der Waals surface area (Å²) >= 11 is 0. The molecule has 0 aliphatic heterocycles. The number of fused-ring (bicyclic) bond motifs is 1. The fourth-order valence-corrected chi connectivity index (χ4v) is 2.86. The Morgan fingerprint density at radius 3 is 2.73 bits per heavy atom. The quantitative estimate of drug-likeness (QED) is 0.710. The number of nitrogens with two attached hydrogens (primary N) is 1. The van der Waals surface area contributed by atoms with Gasteiger partial charge in [-0.15, -0.1) is 0 Å². The molecular weight excluding hydrogens is 324 g/mol. The molecule has 3 aromatic rings. The van der Waals surface area contributed by atoms with E-state index in [9.17, 15) is 4.79 Å². The third kappa shape index (κ3) is 4.43. The van der Waals surface area contributed by atoms with Gasteiger partial charge in [-0.25, -0.2) is 4.98 Å². The lowest BCUT2D eigenvalue weighted by Gasteiger charge is -2.09. The highest BCUT2D eigenvalue weighted by Crippen LogP contribution is 2.25. The first-order valence-electron chi connectivity index (χ1n) is 8.89. The van der Waals surface area contributed by atoms with Crippen LogP contribution in [0.2, 0.25) is 0 Å². The second-order valence-electron chi connectivity index (χ2n) is 6.70. The molecule has 5 heteroatoms. The Bertz CT molecular complexity index is 923. The summed E-state index contributed by atoms with van der Waals surface area (Å²) in [5.41, 5.74) is 9.85. The number of hydrogen-bond acceptors (Lipinski definition) is 4. The van der Waals surface area contributed by atoms with Crippen LogP contribution in [0.1, 0.15) is 26.0 Å². The molecule has 0 aliphatic rings. The van der Waals surface area contributed by atoms with Crippen LogP contribution in [0.5, 0.6) is 0 Å². The molecule has 0 fully saturated rings. The smallest absolute Gasteiger partial charge is 0.222 e. The lowest BCUT2D eigenvalue weighted by Crippen LogP contribution is -2.11. The highest BCUT2D eigenvalue weighted by Gasteiger charge is 2.06. The van der Waals surface area contributed by atoms with Gasteiger partial charge in [0.25, 0.3) is 0 Å². The second kappa shape index (κ2) is 8.06. The fraction of sp³-hybridized carbons (Fsp3) is 0.286. The van der Waals surface area contributed by atoms with Gasteiger partial charge in [0, 0.05) is 24.2 Å². The predicted octanol–water partition coefficient (Wildman–Crippen LogP) is 3.78. The topological polar surface area (TPSA) is 80.9 Å². The van der Waals surface area contributed by atoms with Crippen molar-refractivity contribution in [2.24, 2.45) is 11.7 Å². The molecule has 3 N–H and O–H groups in total. The van der Waals surface area contributed by atoms with Gasteiger partial charge in [0.2, 0.25) is 5.91 Å². The average Bonchev–Trinajstić information content (AvgIpc) is 2.65.